The highest BCUT2D eigenvalue weighted by Crippen LogP contribution is 2.32. The third-order valence-electron chi connectivity index (χ3n) is 3.75. The number of rotatable bonds is 6. The molecule has 27 heavy (non-hydrogen) atoms. The van der Waals surface area contributed by atoms with Gasteiger partial charge in [-0.25, -0.2) is 0 Å². The molecule has 8 nitrogen and oxygen atoms in total. The van der Waals surface area contributed by atoms with E-state index in [-0.39, 0.29) is 6.79 Å². The molecule has 0 bridgehead atoms. The number of benzene rings is 2. The van der Waals surface area contributed by atoms with E-state index in [1.165, 1.54) is 0 Å². The lowest BCUT2D eigenvalue weighted by atomic mass is 10.2. The first-order valence-corrected chi connectivity index (χ1v) is 8.46. The normalized spacial score (nSPS) is 12.8. The van der Waals surface area contributed by atoms with Gasteiger partial charge in [0.15, 0.2) is 17.6 Å². The molecule has 142 valence electrons. The number of ether oxygens (including phenoxy) is 4. The van der Waals surface area contributed by atoms with Crippen LogP contribution in [-0.4, -0.2) is 31.3 Å². The molecular formula is C19H20N2O6. The summed E-state index contributed by atoms with van der Waals surface area (Å²) in [5.74, 6) is 1.34. The largest absolute Gasteiger partial charge is 0.494 e. The van der Waals surface area contributed by atoms with Crippen LogP contribution in [0, 0.1) is 0 Å². The molecule has 1 heterocycles. The number of carbonyl (C=O) groups is 2. The summed E-state index contributed by atoms with van der Waals surface area (Å²) in [7, 11) is 0. The molecule has 2 N–H and O–H groups in total. The average Bonchev–Trinajstić information content (AvgIpc) is 3.15. The molecule has 2 aromatic rings. The van der Waals surface area contributed by atoms with Crippen molar-refractivity contribution in [2.24, 2.45) is 0 Å². The van der Waals surface area contributed by atoms with E-state index in [0.717, 1.165) is 5.75 Å². The minimum absolute atomic E-state index is 0.123. The predicted molar refractivity (Wildman–Crippen MR) is 95.9 cm³/mol. The SMILES string of the molecule is CCOc1ccc(OC(C)C(=O)NNC(=O)c2ccc3c(c2)OCO3)cc1. The summed E-state index contributed by atoms with van der Waals surface area (Å²) in [6, 6.07) is 11.7. The van der Waals surface area contributed by atoms with Crippen LogP contribution in [-0.2, 0) is 4.79 Å². The van der Waals surface area contributed by atoms with Gasteiger partial charge in [-0.05, 0) is 56.3 Å². The summed E-state index contributed by atoms with van der Waals surface area (Å²) >= 11 is 0. The van der Waals surface area contributed by atoms with E-state index in [2.05, 4.69) is 10.9 Å². The number of fused-ring (bicyclic) bond motifs is 1. The Hall–Kier alpha value is -3.42. The lowest BCUT2D eigenvalue weighted by Gasteiger charge is -2.15. The molecule has 1 atom stereocenters. The molecule has 0 fully saturated rings. The van der Waals surface area contributed by atoms with Crippen molar-refractivity contribution < 1.29 is 28.5 Å². The smallest absolute Gasteiger partial charge is 0.279 e. The van der Waals surface area contributed by atoms with Crippen LogP contribution in [0.2, 0.25) is 0 Å². The van der Waals surface area contributed by atoms with Crippen molar-refractivity contribution in [2.75, 3.05) is 13.4 Å². The number of carbonyl (C=O) groups excluding carboxylic acids is 2. The summed E-state index contributed by atoms with van der Waals surface area (Å²) in [5.41, 5.74) is 5.02. The second-order valence-electron chi connectivity index (χ2n) is 5.68. The minimum atomic E-state index is -0.806. The standard InChI is InChI=1S/C19H20N2O6/c1-3-24-14-5-7-15(8-6-14)27-12(2)18(22)20-21-19(23)13-4-9-16-17(10-13)26-11-25-16/h4-10,12H,3,11H2,1-2H3,(H,20,22)(H,21,23). The Bertz CT molecular complexity index is 821. The molecule has 3 rings (SSSR count). The van der Waals surface area contributed by atoms with Crippen LogP contribution in [0.4, 0.5) is 0 Å². The van der Waals surface area contributed by atoms with Crippen LogP contribution < -0.4 is 29.8 Å². The zero-order chi connectivity index (χ0) is 19.2. The molecule has 8 heteroatoms. The van der Waals surface area contributed by atoms with E-state index >= 15 is 0 Å². The summed E-state index contributed by atoms with van der Waals surface area (Å²) in [4.78, 5) is 24.3. The van der Waals surface area contributed by atoms with E-state index in [1.54, 1.807) is 49.4 Å². The molecule has 1 aliphatic rings. The zero-order valence-electron chi connectivity index (χ0n) is 15.0. The van der Waals surface area contributed by atoms with Crippen LogP contribution in [0.1, 0.15) is 24.2 Å². The second kappa shape index (κ2) is 8.31. The van der Waals surface area contributed by atoms with Gasteiger partial charge in [-0.1, -0.05) is 0 Å². The Morgan fingerprint density at radius 1 is 1.04 bits per heavy atom. The van der Waals surface area contributed by atoms with Crippen molar-refractivity contribution >= 4 is 11.8 Å². The predicted octanol–water partition coefficient (Wildman–Crippen LogP) is 2.04. The van der Waals surface area contributed by atoms with Gasteiger partial charge in [-0.3, -0.25) is 20.4 Å². The Morgan fingerprint density at radius 3 is 2.48 bits per heavy atom. The van der Waals surface area contributed by atoms with E-state index in [1.807, 2.05) is 6.92 Å². The van der Waals surface area contributed by atoms with E-state index in [0.29, 0.717) is 29.4 Å². The first-order chi connectivity index (χ1) is 13.1. The van der Waals surface area contributed by atoms with Crippen molar-refractivity contribution in [3.63, 3.8) is 0 Å². The fourth-order valence-electron chi connectivity index (χ4n) is 2.37. The Labute approximate surface area is 156 Å². The van der Waals surface area contributed by atoms with E-state index in [9.17, 15) is 9.59 Å². The molecular weight excluding hydrogens is 352 g/mol. The molecule has 2 amide bonds. The molecule has 1 aliphatic heterocycles. The summed E-state index contributed by atoms with van der Waals surface area (Å²) in [5, 5.41) is 0. The number of hydrogen-bond donors (Lipinski definition) is 2. The Kier molecular flexibility index (Phi) is 5.65. The molecule has 1 unspecified atom stereocenters. The Morgan fingerprint density at radius 2 is 1.74 bits per heavy atom. The van der Waals surface area contributed by atoms with Gasteiger partial charge in [0.25, 0.3) is 11.8 Å². The maximum atomic E-state index is 12.2. The first kappa shape index (κ1) is 18.4. The Balaban J connectivity index is 1.50. The highest BCUT2D eigenvalue weighted by Gasteiger charge is 2.18. The molecule has 2 aromatic carbocycles. The molecule has 0 aliphatic carbocycles. The topological polar surface area (TPSA) is 95.1 Å². The van der Waals surface area contributed by atoms with Gasteiger partial charge in [-0.2, -0.15) is 0 Å². The van der Waals surface area contributed by atoms with Gasteiger partial charge in [-0.15, -0.1) is 0 Å². The highest BCUT2D eigenvalue weighted by molar-refractivity contribution is 5.96. The van der Waals surface area contributed by atoms with Gasteiger partial charge in [0.2, 0.25) is 6.79 Å². The van der Waals surface area contributed by atoms with Crippen LogP contribution in [0.3, 0.4) is 0 Å². The van der Waals surface area contributed by atoms with Crippen LogP contribution in [0.15, 0.2) is 42.5 Å². The fourth-order valence-corrected chi connectivity index (χ4v) is 2.37. The minimum Gasteiger partial charge on any atom is -0.494 e. The first-order valence-electron chi connectivity index (χ1n) is 8.46. The second-order valence-corrected chi connectivity index (χ2v) is 5.68. The summed E-state index contributed by atoms with van der Waals surface area (Å²) in [6.07, 6.45) is -0.806. The van der Waals surface area contributed by atoms with Crippen LogP contribution in [0.5, 0.6) is 23.0 Å². The fraction of sp³-hybridized carbons (Fsp3) is 0.263. The van der Waals surface area contributed by atoms with Crippen molar-refractivity contribution in [1.82, 2.24) is 10.9 Å². The third kappa shape index (κ3) is 4.60. The highest BCUT2D eigenvalue weighted by atomic mass is 16.7. The monoisotopic (exact) mass is 372 g/mol. The lowest BCUT2D eigenvalue weighted by molar-refractivity contribution is -0.128. The van der Waals surface area contributed by atoms with Crippen LogP contribution >= 0.6 is 0 Å². The maximum Gasteiger partial charge on any atom is 0.279 e. The van der Waals surface area contributed by atoms with E-state index < -0.39 is 17.9 Å². The zero-order valence-corrected chi connectivity index (χ0v) is 15.0. The lowest BCUT2D eigenvalue weighted by Crippen LogP contribution is -2.47. The van der Waals surface area contributed by atoms with E-state index in [4.69, 9.17) is 18.9 Å². The van der Waals surface area contributed by atoms with Gasteiger partial charge >= 0.3 is 0 Å². The third-order valence-corrected chi connectivity index (χ3v) is 3.75. The number of hydrazine groups is 1. The van der Waals surface area contributed by atoms with Crippen LogP contribution in [0.25, 0.3) is 0 Å². The molecule has 0 radical (unpaired) electrons. The molecule has 0 aromatic heterocycles. The number of nitrogens with one attached hydrogen (secondary N) is 2. The average molecular weight is 372 g/mol. The molecule has 0 saturated carbocycles. The summed E-state index contributed by atoms with van der Waals surface area (Å²) < 4.78 is 21.3. The molecule has 0 spiro atoms. The van der Waals surface area contributed by atoms with Crippen molar-refractivity contribution in [3.05, 3.63) is 48.0 Å². The van der Waals surface area contributed by atoms with Gasteiger partial charge in [0.05, 0.1) is 6.61 Å². The number of amides is 2. The van der Waals surface area contributed by atoms with Gasteiger partial charge in [0, 0.05) is 5.56 Å². The van der Waals surface area contributed by atoms with Crippen molar-refractivity contribution in [2.45, 2.75) is 20.0 Å². The number of hydrogen-bond acceptors (Lipinski definition) is 6. The quantitative estimate of drug-likeness (QED) is 0.754. The summed E-state index contributed by atoms with van der Waals surface area (Å²) in [6.45, 7) is 4.17. The maximum absolute atomic E-state index is 12.2. The van der Waals surface area contributed by atoms with Gasteiger partial charge < -0.3 is 18.9 Å². The van der Waals surface area contributed by atoms with Crippen molar-refractivity contribution in [1.29, 1.82) is 0 Å². The van der Waals surface area contributed by atoms with Gasteiger partial charge in [0.1, 0.15) is 11.5 Å². The molecule has 0 saturated heterocycles. The van der Waals surface area contributed by atoms with Crippen molar-refractivity contribution in [3.8, 4) is 23.0 Å².